The Bertz CT molecular complexity index is 854. The van der Waals surface area contributed by atoms with Gasteiger partial charge in [0.2, 0.25) is 0 Å². The van der Waals surface area contributed by atoms with Gasteiger partial charge >= 0.3 is 0 Å². The molecule has 112 valence electrons. The van der Waals surface area contributed by atoms with Crippen molar-refractivity contribution in [2.24, 2.45) is 0 Å². The molecule has 0 aliphatic rings. The van der Waals surface area contributed by atoms with E-state index in [-0.39, 0.29) is 0 Å². The molecular formula is C17H13ClO3S. The molecule has 22 heavy (non-hydrogen) atoms. The predicted molar refractivity (Wildman–Crippen MR) is 90.5 cm³/mol. The number of carbonyl (C=O) groups is 1. The standard InChI is InChI=1S/C17H13ClO3S/c1-20-12-8-7-10(9-13(12)21-2)15-11-5-3-4-6-14(11)22-16(15)17(18)19/h3-9H,1-2H3. The van der Waals surface area contributed by atoms with Crippen molar-refractivity contribution in [3.8, 4) is 22.6 Å². The first-order chi connectivity index (χ1) is 10.7. The van der Waals surface area contributed by atoms with Crippen LogP contribution in [0.5, 0.6) is 11.5 Å². The maximum Gasteiger partial charge on any atom is 0.263 e. The highest BCUT2D eigenvalue weighted by Gasteiger charge is 2.19. The van der Waals surface area contributed by atoms with Crippen LogP contribution in [-0.4, -0.2) is 19.5 Å². The van der Waals surface area contributed by atoms with Gasteiger partial charge in [-0.25, -0.2) is 0 Å². The molecule has 0 fully saturated rings. The van der Waals surface area contributed by atoms with Crippen LogP contribution < -0.4 is 9.47 Å². The number of rotatable bonds is 4. The van der Waals surface area contributed by atoms with E-state index in [1.165, 1.54) is 11.3 Å². The molecule has 1 aromatic heterocycles. The van der Waals surface area contributed by atoms with Crippen molar-refractivity contribution in [2.45, 2.75) is 0 Å². The van der Waals surface area contributed by atoms with Crippen LogP contribution in [0.4, 0.5) is 0 Å². The fourth-order valence-electron chi connectivity index (χ4n) is 2.46. The van der Waals surface area contributed by atoms with Crippen molar-refractivity contribution in [1.82, 2.24) is 0 Å². The van der Waals surface area contributed by atoms with Gasteiger partial charge in [-0.1, -0.05) is 24.3 Å². The molecular weight excluding hydrogens is 320 g/mol. The summed E-state index contributed by atoms with van der Waals surface area (Å²) in [6, 6.07) is 13.4. The van der Waals surface area contributed by atoms with Gasteiger partial charge in [0.25, 0.3) is 5.24 Å². The van der Waals surface area contributed by atoms with E-state index in [2.05, 4.69) is 0 Å². The van der Waals surface area contributed by atoms with Crippen molar-refractivity contribution in [3.63, 3.8) is 0 Å². The Morgan fingerprint density at radius 1 is 1.05 bits per heavy atom. The number of carbonyl (C=O) groups excluding carboxylic acids is 1. The minimum atomic E-state index is -0.453. The summed E-state index contributed by atoms with van der Waals surface area (Å²) in [7, 11) is 3.17. The van der Waals surface area contributed by atoms with Crippen LogP contribution >= 0.6 is 22.9 Å². The van der Waals surface area contributed by atoms with E-state index >= 15 is 0 Å². The van der Waals surface area contributed by atoms with E-state index in [9.17, 15) is 4.79 Å². The lowest BCUT2D eigenvalue weighted by molar-refractivity contribution is 0.108. The highest BCUT2D eigenvalue weighted by Crippen LogP contribution is 2.42. The van der Waals surface area contributed by atoms with Gasteiger partial charge in [0.15, 0.2) is 11.5 Å². The second-order valence-electron chi connectivity index (χ2n) is 4.65. The number of benzene rings is 2. The number of hydrogen-bond acceptors (Lipinski definition) is 4. The second kappa shape index (κ2) is 5.99. The third-order valence-electron chi connectivity index (χ3n) is 3.45. The van der Waals surface area contributed by atoms with Crippen LogP contribution in [0.1, 0.15) is 9.67 Å². The van der Waals surface area contributed by atoms with Gasteiger partial charge < -0.3 is 9.47 Å². The molecule has 0 unspecified atom stereocenters. The lowest BCUT2D eigenvalue weighted by Crippen LogP contribution is -1.92. The normalized spacial score (nSPS) is 10.7. The average molecular weight is 333 g/mol. The summed E-state index contributed by atoms with van der Waals surface area (Å²) in [4.78, 5) is 12.3. The lowest BCUT2D eigenvalue weighted by Gasteiger charge is -2.10. The Morgan fingerprint density at radius 2 is 1.77 bits per heavy atom. The van der Waals surface area contributed by atoms with Crippen LogP contribution in [0.15, 0.2) is 42.5 Å². The lowest BCUT2D eigenvalue weighted by atomic mass is 10.0. The smallest absolute Gasteiger partial charge is 0.263 e. The van der Waals surface area contributed by atoms with Crippen molar-refractivity contribution in [3.05, 3.63) is 47.3 Å². The molecule has 0 spiro atoms. The van der Waals surface area contributed by atoms with Gasteiger partial charge in [0, 0.05) is 15.6 Å². The third-order valence-corrected chi connectivity index (χ3v) is 4.92. The van der Waals surface area contributed by atoms with E-state index in [0.717, 1.165) is 21.2 Å². The average Bonchev–Trinajstić information content (AvgIpc) is 2.94. The minimum Gasteiger partial charge on any atom is -0.493 e. The Kier molecular flexibility index (Phi) is 4.05. The van der Waals surface area contributed by atoms with Gasteiger partial charge in [-0.2, -0.15) is 0 Å². The molecule has 0 bridgehead atoms. The topological polar surface area (TPSA) is 35.5 Å². The quantitative estimate of drug-likeness (QED) is 0.633. The van der Waals surface area contributed by atoms with Gasteiger partial charge in [0.05, 0.1) is 19.1 Å². The molecule has 0 aliphatic heterocycles. The molecule has 5 heteroatoms. The van der Waals surface area contributed by atoms with Crippen molar-refractivity contribution in [2.75, 3.05) is 14.2 Å². The molecule has 0 atom stereocenters. The molecule has 0 saturated heterocycles. The van der Waals surface area contributed by atoms with E-state index in [1.54, 1.807) is 14.2 Å². The molecule has 0 N–H and O–H groups in total. The minimum absolute atomic E-state index is 0.453. The third kappa shape index (κ3) is 2.45. The Hall–Kier alpha value is -2.04. The maximum absolute atomic E-state index is 11.8. The molecule has 3 aromatic rings. The molecule has 3 nitrogen and oxygen atoms in total. The van der Waals surface area contributed by atoms with Gasteiger partial charge in [0.1, 0.15) is 0 Å². The number of ether oxygens (including phenoxy) is 2. The molecule has 1 heterocycles. The fraction of sp³-hybridized carbons (Fsp3) is 0.118. The summed E-state index contributed by atoms with van der Waals surface area (Å²) < 4.78 is 11.6. The highest BCUT2D eigenvalue weighted by atomic mass is 35.5. The summed E-state index contributed by atoms with van der Waals surface area (Å²) in [6.07, 6.45) is 0. The first kappa shape index (κ1) is 14.9. The monoisotopic (exact) mass is 332 g/mol. The largest absolute Gasteiger partial charge is 0.493 e. The Balaban J connectivity index is 2.29. The zero-order valence-electron chi connectivity index (χ0n) is 12.1. The second-order valence-corrected chi connectivity index (χ2v) is 6.04. The van der Waals surface area contributed by atoms with Crippen molar-refractivity contribution >= 4 is 38.3 Å². The first-order valence-electron chi connectivity index (χ1n) is 6.59. The molecule has 2 aromatic carbocycles. The summed E-state index contributed by atoms with van der Waals surface area (Å²) in [5, 5.41) is 0.551. The number of hydrogen-bond donors (Lipinski definition) is 0. The van der Waals surface area contributed by atoms with Crippen LogP contribution in [0.25, 0.3) is 21.2 Å². The van der Waals surface area contributed by atoms with Crippen LogP contribution in [-0.2, 0) is 0 Å². The number of methoxy groups -OCH3 is 2. The van der Waals surface area contributed by atoms with Gasteiger partial charge in [-0.3, -0.25) is 4.79 Å². The first-order valence-corrected chi connectivity index (χ1v) is 7.79. The number of thiophene rings is 1. The van der Waals surface area contributed by atoms with Crippen LogP contribution in [0.2, 0.25) is 0 Å². The molecule has 0 radical (unpaired) electrons. The summed E-state index contributed by atoms with van der Waals surface area (Å²) in [5.41, 5.74) is 1.71. The fourth-order valence-corrected chi connectivity index (χ4v) is 3.73. The Labute approximate surface area is 137 Å². The predicted octanol–water partition coefficient (Wildman–Crippen LogP) is 4.96. The SMILES string of the molecule is COc1ccc(-c2c(C(=O)Cl)sc3ccccc23)cc1OC. The Morgan fingerprint density at radius 3 is 2.45 bits per heavy atom. The summed E-state index contributed by atoms with van der Waals surface area (Å²) in [6.45, 7) is 0. The van der Waals surface area contributed by atoms with Crippen molar-refractivity contribution in [1.29, 1.82) is 0 Å². The van der Waals surface area contributed by atoms with Crippen molar-refractivity contribution < 1.29 is 14.3 Å². The highest BCUT2D eigenvalue weighted by molar-refractivity contribution is 7.22. The van der Waals surface area contributed by atoms with E-state index in [1.807, 2.05) is 42.5 Å². The maximum atomic E-state index is 11.8. The van der Waals surface area contributed by atoms with Crippen LogP contribution in [0.3, 0.4) is 0 Å². The number of halogens is 1. The molecule has 0 amide bonds. The number of fused-ring (bicyclic) bond motifs is 1. The van der Waals surface area contributed by atoms with Gasteiger partial charge in [-0.15, -0.1) is 11.3 Å². The van der Waals surface area contributed by atoms with Crippen LogP contribution in [0, 0.1) is 0 Å². The molecule has 3 rings (SSSR count). The summed E-state index contributed by atoms with van der Waals surface area (Å²) in [5.74, 6) is 1.26. The van der Waals surface area contributed by atoms with Gasteiger partial charge in [-0.05, 0) is 35.4 Å². The van der Waals surface area contributed by atoms with E-state index in [0.29, 0.717) is 16.4 Å². The zero-order chi connectivity index (χ0) is 15.7. The zero-order valence-corrected chi connectivity index (χ0v) is 13.6. The summed E-state index contributed by atoms with van der Waals surface area (Å²) >= 11 is 7.17. The molecule has 0 saturated carbocycles. The van der Waals surface area contributed by atoms with E-state index in [4.69, 9.17) is 21.1 Å². The van der Waals surface area contributed by atoms with E-state index < -0.39 is 5.24 Å². The molecule has 0 aliphatic carbocycles.